The first-order valence-corrected chi connectivity index (χ1v) is 13.3. The summed E-state index contributed by atoms with van der Waals surface area (Å²) in [4.78, 5) is 26.9. The number of nitrogens with zero attached hydrogens (tertiary/aromatic N) is 1. The fourth-order valence-electron chi connectivity index (χ4n) is 4.93. The van der Waals surface area contributed by atoms with Crippen LogP contribution in [0.1, 0.15) is 47.3 Å². The summed E-state index contributed by atoms with van der Waals surface area (Å²) in [6.45, 7) is 0.179. The Labute approximate surface area is 218 Å². The Bertz CT molecular complexity index is 1400. The third-order valence-corrected chi connectivity index (χ3v) is 8.50. The van der Waals surface area contributed by atoms with Gasteiger partial charge in [0.1, 0.15) is 10.7 Å². The van der Waals surface area contributed by atoms with Gasteiger partial charge in [0, 0.05) is 33.9 Å². The predicted molar refractivity (Wildman–Crippen MR) is 145 cm³/mol. The zero-order chi connectivity index (χ0) is 25.1. The number of carbonyl (C=O) groups is 2. The summed E-state index contributed by atoms with van der Waals surface area (Å²) in [7, 11) is 0. The molecule has 0 atom stereocenters. The molecule has 184 valence electrons. The molecular formula is C29H26ClFN2O2S. The van der Waals surface area contributed by atoms with Crippen molar-refractivity contribution >= 4 is 51.0 Å². The van der Waals surface area contributed by atoms with Gasteiger partial charge in [-0.05, 0) is 54.3 Å². The van der Waals surface area contributed by atoms with Gasteiger partial charge in [0.25, 0.3) is 5.91 Å². The highest BCUT2D eigenvalue weighted by Crippen LogP contribution is 2.37. The molecule has 1 aromatic heterocycles. The average molecular weight is 521 g/mol. The largest absolute Gasteiger partial charge is 0.330 e. The minimum Gasteiger partial charge on any atom is -0.330 e. The van der Waals surface area contributed by atoms with Crippen LogP contribution in [-0.2, 0) is 11.3 Å². The summed E-state index contributed by atoms with van der Waals surface area (Å²) in [6.07, 6.45) is 5.70. The molecule has 0 radical (unpaired) electrons. The van der Waals surface area contributed by atoms with Crippen molar-refractivity contribution in [3.05, 3.63) is 88.0 Å². The van der Waals surface area contributed by atoms with Crippen molar-refractivity contribution < 1.29 is 14.0 Å². The lowest BCUT2D eigenvalue weighted by Gasteiger charge is -2.34. The molecule has 4 nitrogen and oxygen atoms in total. The Morgan fingerprint density at radius 3 is 2.47 bits per heavy atom. The van der Waals surface area contributed by atoms with Gasteiger partial charge >= 0.3 is 0 Å². The number of nitrogens with one attached hydrogen (secondary N) is 1. The van der Waals surface area contributed by atoms with Crippen LogP contribution < -0.4 is 5.32 Å². The van der Waals surface area contributed by atoms with E-state index in [-0.39, 0.29) is 24.3 Å². The van der Waals surface area contributed by atoms with Crippen LogP contribution in [0.3, 0.4) is 0 Å². The number of carbonyl (C=O) groups excluding carboxylic acids is 2. The monoisotopic (exact) mass is 520 g/mol. The van der Waals surface area contributed by atoms with Gasteiger partial charge in [0.05, 0.1) is 5.02 Å². The maximum atomic E-state index is 15.1. The number of anilines is 1. The van der Waals surface area contributed by atoms with Crippen LogP contribution in [0.5, 0.6) is 0 Å². The summed E-state index contributed by atoms with van der Waals surface area (Å²) in [5, 5.41) is 3.96. The van der Waals surface area contributed by atoms with Crippen molar-refractivity contribution in [2.75, 3.05) is 5.32 Å². The van der Waals surface area contributed by atoms with Crippen molar-refractivity contribution in [1.82, 2.24) is 4.90 Å². The Balaban J connectivity index is 1.48. The summed E-state index contributed by atoms with van der Waals surface area (Å²) >= 11 is 8.07. The molecule has 1 heterocycles. The minimum atomic E-state index is -0.339. The van der Waals surface area contributed by atoms with Crippen LogP contribution in [0, 0.1) is 5.82 Å². The van der Waals surface area contributed by atoms with Gasteiger partial charge in [-0.25, -0.2) is 4.39 Å². The molecule has 36 heavy (non-hydrogen) atoms. The Morgan fingerprint density at radius 1 is 1.03 bits per heavy atom. The second kappa shape index (κ2) is 10.8. The number of rotatable bonds is 7. The first kappa shape index (κ1) is 24.5. The molecule has 7 heteroatoms. The minimum absolute atomic E-state index is 0.0456. The van der Waals surface area contributed by atoms with Gasteiger partial charge < -0.3 is 10.2 Å². The quantitative estimate of drug-likeness (QED) is 0.252. The van der Waals surface area contributed by atoms with Crippen molar-refractivity contribution in [2.45, 2.75) is 44.7 Å². The summed E-state index contributed by atoms with van der Waals surface area (Å²) < 4.78 is 16.0. The number of hydrogen-bond donors (Lipinski definition) is 1. The fraction of sp³-hybridized carbons (Fsp3) is 0.241. The van der Waals surface area contributed by atoms with Crippen molar-refractivity contribution in [3.63, 3.8) is 0 Å². The third kappa shape index (κ3) is 5.01. The van der Waals surface area contributed by atoms with E-state index in [9.17, 15) is 9.59 Å². The topological polar surface area (TPSA) is 49.4 Å². The molecule has 0 aliphatic heterocycles. The summed E-state index contributed by atoms with van der Waals surface area (Å²) in [5.41, 5.74) is 2.90. The lowest BCUT2D eigenvalue weighted by Crippen LogP contribution is -2.41. The van der Waals surface area contributed by atoms with Gasteiger partial charge in [-0.1, -0.05) is 67.3 Å². The summed E-state index contributed by atoms with van der Waals surface area (Å²) in [5.74, 6) is -0.476. The zero-order valence-corrected chi connectivity index (χ0v) is 21.2. The van der Waals surface area contributed by atoms with Crippen LogP contribution in [0.15, 0.2) is 66.7 Å². The predicted octanol–water partition coefficient (Wildman–Crippen LogP) is 7.90. The molecule has 2 amide bonds. The molecule has 1 fully saturated rings. The first-order chi connectivity index (χ1) is 17.5. The zero-order valence-electron chi connectivity index (χ0n) is 19.7. The van der Waals surface area contributed by atoms with Crippen LogP contribution >= 0.6 is 22.9 Å². The molecule has 0 spiro atoms. The Kier molecular flexibility index (Phi) is 7.35. The van der Waals surface area contributed by atoms with E-state index in [1.807, 2.05) is 47.4 Å². The van der Waals surface area contributed by atoms with Crippen LogP contribution in [0.4, 0.5) is 10.1 Å². The normalized spacial score (nSPS) is 14.1. The third-order valence-electron chi connectivity index (χ3n) is 6.84. The van der Waals surface area contributed by atoms with E-state index in [1.165, 1.54) is 17.4 Å². The van der Waals surface area contributed by atoms with Gasteiger partial charge in [-0.2, -0.15) is 0 Å². The highest BCUT2D eigenvalue weighted by atomic mass is 35.5. The SMILES string of the molecule is O=CNc1ccc(-c2ccc(F)c(CN(C(=O)c3sc4ccccc4c3Cl)C3CCCCC3)c2)cc1. The lowest BCUT2D eigenvalue weighted by molar-refractivity contribution is -0.105. The van der Waals surface area contributed by atoms with E-state index in [0.29, 0.717) is 27.6 Å². The average Bonchev–Trinajstić information content (AvgIpc) is 3.25. The number of amides is 2. The van der Waals surface area contributed by atoms with E-state index < -0.39 is 0 Å². The van der Waals surface area contributed by atoms with Crippen LogP contribution in [0.2, 0.25) is 5.02 Å². The molecule has 5 rings (SSSR count). The number of benzene rings is 3. The molecule has 3 aromatic carbocycles. The van der Waals surface area contributed by atoms with Gasteiger partial charge in [-0.15, -0.1) is 11.3 Å². The smallest absolute Gasteiger partial charge is 0.266 e. The maximum absolute atomic E-state index is 15.1. The number of halogens is 2. The molecule has 1 aliphatic rings. The molecule has 1 saturated carbocycles. The standard InChI is InChI=1S/C29H26ClFN2O2S/c30-27-24-8-4-5-9-26(24)36-28(27)29(35)33(23-6-2-1-3-7-23)17-21-16-20(12-15-25(21)31)19-10-13-22(14-11-19)32-18-34/h4-5,8-16,18,23H,1-3,6-7,17H2,(H,32,34). The highest BCUT2D eigenvalue weighted by molar-refractivity contribution is 7.21. The fourth-order valence-corrected chi connectivity index (χ4v) is 6.40. The van der Waals surface area contributed by atoms with E-state index in [1.54, 1.807) is 18.2 Å². The van der Waals surface area contributed by atoms with Gasteiger partial charge in [-0.3, -0.25) is 9.59 Å². The molecule has 1 N–H and O–H groups in total. The lowest BCUT2D eigenvalue weighted by atomic mass is 9.93. The molecule has 0 bridgehead atoms. The number of thiophene rings is 1. The van der Waals surface area contributed by atoms with Crippen molar-refractivity contribution in [2.24, 2.45) is 0 Å². The van der Waals surface area contributed by atoms with Crippen LogP contribution in [0.25, 0.3) is 21.2 Å². The van der Waals surface area contributed by atoms with E-state index in [0.717, 1.165) is 53.3 Å². The van der Waals surface area contributed by atoms with E-state index in [4.69, 9.17) is 11.6 Å². The van der Waals surface area contributed by atoms with E-state index in [2.05, 4.69) is 5.32 Å². The van der Waals surface area contributed by atoms with Crippen molar-refractivity contribution in [3.8, 4) is 11.1 Å². The molecule has 0 saturated heterocycles. The van der Waals surface area contributed by atoms with Gasteiger partial charge in [0.2, 0.25) is 6.41 Å². The molecule has 0 unspecified atom stereocenters. The molecular weight excluding hydrogens is 495 g/mol. The second-order valence-corrected chi connectivity index (χ2v) is 10.5. The molecule has 1 aliphatic carbocycles. The second-order valence-electron chi connectivity index (χ2n) is 9.11. The van der Waals surface area contributed by atoms with E-state index >= 15 is 4.39 Å². The Morgan fingerprint density at radius 2 is 1.75 bits per heavy atom. The van der Waals surface area contributed by atoms with Gasteiger partial charge in [0.15, 0.2) is 0 Å². The Hall–Kier alpha value is -3.22. The number of hydrogen-bond acceptors (Lipinski definition) is 3. The molecule has 4 aromatic rings. The van der Waals surface area contributed by atoms with Crippen LogP contribution in [-0.4, -0.2) is 23.3 Å². The number of fused-ring (bicyclic) bond motifs is 1. The highest BCUT2D eigenvalue weighted by Gasteiger charge is 2.30. The van der Waals surface area contributed by atoms with Crippen molar-refractivity contribution in [1.29, 1.82) is 0 Å². The summed E-state index contributed by atoms with van der Waals surface area (Å²) in [6, 6.07) is 20.1. The first-order valence-electron chi connectivity index (χ1n) is 12.1. The maximum Gasteiger partial charge on any atom is 0.266 e.